The van der Waals surface area contributed by atoms with Crippen LogP contribution in [0.3, 0.4) is 0 Å². The first-order valence-corrected chi connectivity index (χ1v) is 4.74. The fourth-order valence-corrected chi connectivity index (χ4v) is 1.47. The minimum Gasteiger partial charge on any atom is -0.508 e. The molecule has 0 aromatic heterocycles. The normalized spacial score (nSPS) is 11.9. The fourth-order valence-electron chi connectivity index (χ4n) is 1.10. The summed E-state index contributed by atoms with van der Waals surface area (Å²) in [5.74, 6) is 0.115. The van der Waals surface area contributed by atoms with E-state index >= 15 is 0 Å². The van der Waals surface area contributed by atoms with Gasteiger partial charge in [-0.3, -0.25) is 4.39 Å². The molecule has 0 amide bonds. The molecule has 0 fully saturated rings. The molecule has 1 rings (SSSR count). The molecule has 80 valence electrons. The average Bonchev–Trinajstić information content (AvgIpc) is 2.09. The van der Waals surface area contributed by atoms with Crippen molar-refractivity contribution < 1.29 is 9.50 Å². The molecule has 0 heterocycles. The lowest BCUT2D eigenvalue weighted by Crippen LogP contribution is -2.11. The average molecular weight is 285 g/mol. The zero-order chi connectivity index (χ0) is 9.84. The third kappa shape index (κ3) is 3.44. The van der Waals surface area contributed by atoms with Crippen molar-refractivity contribution in [3.8, 4) is 5.75 Å². The molecule has 1 aromatic rings. The second kappa shape index (κ2) is 6.22. The highest BCUT2D eigenvalue weighted by atomic mass is 79.9. The zero-order valence-corrected chi connectivity index (χ0v) is 9.81. The first-order chi connectivity index (χ1) is 6.15. The van der Waals surface area contributed by atoms with Crippen LogP contribution in [0.25, 0.3) is 0 Å². The summed E-state index contributed by atoms with van der Waals surface area (Å²) in [5, 5.41) is 9.41. The number of hydrogen-bond acceptors (Lipinski definition) is 2. The van der Waals surface area contributed by atoms with Crippen molar-refractivity contribution in [3.05, 3.63) is 28.2 Å². The minimum atomic E-state index is -0.479. The first kappa shape index (κ1) is 13.7. The van der Waals surface area contributed by atoms with Crippen LogP contribution in [0.5, 0.6) is 5.75 Å². The van der Waals surface area contributed by atoms with E-state index in [9.17, 15) is 9.50 Å². The van der Waals surface area contributed by atoms with Crippen LogP contribution in [-0.2, 0) is 0 Å². The largest absolute Gasteiger partial charge is 0.508 e. The third-order valence-electron chi connectivity index (χ3n) is 1.81. The van der Waals surface area contributed by atoms with E-state index in [1.54, 1.807) is 12.1 Å². The second-order valence-corrected chi connectivity index (χ2v) is 3.70. The Kier molecular flexibility index (Phi) is 6.08. The quantitative estimate of drug-likeness (QED) is 0.896. The maximum atomic E-state index is 12.0. The van der Waals surface area contributed by atoms with E-state index in [1.165, 1.54) is 6.07 Å². The summed E-state index contributed by atoms with van der Waals surface area (Å²) in [6.45, 7) is -0.479. The van der Waals surface area contributed by atoms with Crippen molar-refractivity contribution in [2.45, 2.75) is 12.5 Å². The number of nitrogens with two attached hydrogens (primary N) is 1. The van der Waals surface area contributed by atoms with Crippen LogP contribution in [0.15, 0.2) is 22.7 Å². The first-order valence-electron chi connectivity index (χ1n) is 3.95. The Hall–Kier alpha value is -0.320. The van der Waals surface area contributed by atoms with Gasteiger partial charge in [0.2, 0.25) is 0 Å². The minimum absolute atomic E-state index is 0. The van der Waals surface area contributed by atoms with Crippen LogP contribution >= 0.6 is 28.3 Å². The van der Waals surface area contributed by atoms with Crippen molar-refractivity contribution in [1.82, 2.24) is 0 Å². The smallest absolute Gasteiger partial charge is 0.120 e. The summed E-state index contributed by atoms with van der Waals surface area (Å²) >= 11 is 3.26. The summed E-state index contributed by atoms with van der Waals surface area (Å²) in [5.41, 5.74) is 6.23. The molecule has 0 unspecified atom stereocenters. The monoisotopic (exact) mass is 283 g/mol. The van der Waals surface area contributed by atoms with E-state index in [2.05, 4.69) is 15.9 Å². The number of alkyl halides is 1. The molecule has 5 heteroatoms. The molecule has 1 atom stereocenters. The van der Waals surface area contributed by atoms with Crippen LogP contribution in [-0.4, -0.2) is 11.8 Å². The van der Waals surface area contributed by atoms with Gasteiger partial charge in [-0.05, 0) is 24.6 Å². The van der Waals surface area contributed by atoms with E-state index in [0.29, 0.717) is 5.56 Å². The number of rotatable bonds is 3. The van der Waals surface area contributed by atoms with Gasteiger partial charge in [0, 0.05) is 16.1 Å². The second-order valence-electron chi connectivity index (χ2n) is 2.79. The molecule has 14 heavy (non-hydrogen) atoms. The van der Waals surface area contributed by atoms with E-state index in [-0.39, 0.29) is 24.6 Å². The number of phenols is 1. The predicted octanol–water partition coefficient (Wildman–Crippen LogP) is 2.94. The zero-order valence-electron chi connectivity index (χ0n) is 7.41. The molecule has 0 spiro atoms. The Balaban J connectivity index is 0.00000169. The molecule has 2 nitrogen and oxygen atoms in total. The molecule has 1 aromatic carbocycles. The molecule has 0 aliphatic carbocycles. The number of aromatic hydroxyl groups is 1. The van der Waals surface area contributed by atoms with Gasteiger partial charge in [-0.2, -0.15) is 0 Å². The standard InChI is InChI=1S/C9H11BrFNO.ClH/c10-6-1-2-9(13)7(5-6)8(12)3-4-11;/h1-2,5,8,13H,3-4,12H2;1H/t8-;/m1./s1. The Morgan fingerprint density at radius 3 is 2.71 bits per heavy atom. The van der Waals surface area contributed by atoms with E-state index in [0.717, 1.165) is 4.47 Å². The highest BCUT2D eigenvalue weighted by Crippen LogP contribution is 2.27. The van der Waals surface area contributed by atoms with Gasteiger partial charge in [0.05, 0.1) is 6.67 Å². The van der Waals surface area contributed by atoms with Gasteiger partial charge in [0.25, 0.3) is 0 Å². The van der Waals surface area contributed by atoms with Crippen molar-refractivity contribution in [1.29, 1.82) is 0 Å². The van der Waals surface area contributed by atoms with Gasteiger partial charge in [-0.1, -0.05) is 15.9 Å². The maximum absolute atomic E-state index is 12.0. The van der Waals surface area contributed by atoms with E-state index in [1.807, 2.05) is 0 Å². The van der Waals surface area contributed by atoms with Crippen molar-refractivity contribution in [2.24, 2.45) is 5.73 Å². The van der Waals surface area contributed by atoms with Gasteiger partial charge < -0.3 is 10.8 Å². The summed E-state index contributed by atoms with van der Waals surface area (Å²) < 4.78 is 12.8. The molecule has 0 aliphatic rings. The van der Waals surface area contributed by atoms with E-state index < -0.39 is 12.7 Å². The molecule has 0 aliphatic heterocycles. The molecular weight excluding hydrogens is 272 g/mol. The van der Waals surface area contributed by atoms with Crippen LogP contribution in [0.1, 0.15) is 18.0 Å². The molecule has 0 bridgehead atoms. The van der Waals surface area contributed by atoms with Gasteiger partial charge in [0.1, 0.15) is 5.75 Å². The Bertz CT molecular complexity index is 298. The third-order valence-corrected chi connectivity index (χ3v) is 2.30. The lowest BCUT2D eigenvalue weighted by Gasteiger charge is -2.11. The fraction of sp³-hybridized carbons (Fsp3) is 0.333. The summed E-state index contributed by atoms with van der Waals surface area (Å²) in [4.78, 5) is 0. The summed E-state index contributed by atoms with van der Waals surface area (Å²) in [6, 6.07) is 4.51. The lowest BCUT2D eigenvalue weighted by molar-refractivity contribution is 0.424. The van der Waals surface area contributed by atoms with Gasteiger partial charge in [-0.15, -0.1) is 12.4 Å². The van der Waals surface area contributed by atoms with Crippen LogP contribution < -0.4 is 5.73 Å². The van der Waals surface area contributed by atoms with Gasteiger partial charge in [0.15, 0.2) is 0 Å². The lowest BCUT2D eigenvalue weighted by atomic mass is 10.0. The Labute approximate surface area is 96.8 Å². The van der Waals surface area contributed by atoms with E-state index in [4.69, 9.17) is 5.73 Å². The SMILES string of the molecule is Cl.N[C@H](CCF)c1cc(Br)ccc1O. The number of hydrogen-bond donors (Lipinski definition) is 2. The van der Waals surface area contributed by atoms with Crippen molar-refractivity contribution >= 4 is 28.3 Å². The summed E-state index contributed by atoms with van der Waals surface area (Å²) in [7, 11) is 0. The topological polar surface area (TPSA) is 46.2 Å². The van der Waals surface area contributed by atoms with Crippen LogP contribution in [0, 0.1) is 0 Å². The predicted molar refractivity (Wildman–Crippen MR) is 60.6 cm³/mol. The Morgan fingerprint density at radius 2 is 2.14 bits per heavy atom. The van der Waals surface area contributed by atoms with Crippen molar-refractivity contribution in [2.75, 3.05) is 6.67 Å². The van der Waals surface area contributed by atoms with Crippen molar-refractivity contribution in [3.63, 3.8) is 0 Å². The molecule has 0 radical (unpaired) electrons. The van der Waals surface area contributed by atoms with Crippen LogP contribution in [0.2, 0.25) is 0 Å². The van der Waals surface area contributed by atoms with Gasteiger partial charge in [-0.25, -0.2) is 0 Å². The number of phenolic OH excluding ortho intramolecular Hbond substituents is 1. The van der Waals surface area contributed by atoms with Crippen LogP contribution in [0.4, 0.5) is 4.39 Å². The maximum Gasteiger partial charge on any atom is 0.120 e. The highest BCUT2D eigenvalue weighted by Gasteiger charge is 2.10. The highest BCUT2D eigenvalue weighted by molar-refractivity contribution is 9.10. The summed E-state index contributed by atoms with van der Waals surface area (Å²) in [6.07, 6.45) is 0.226. The van der Waals surface area contributed by atoms with Gasteiger partial charge >= 0.3 is 0 Å². The number of halogens is 3. The molecule has 0 saturated heterocycles. The molecular formula is C9H12BrClFNO. The Morgan fingerprint density at radius 1 is 1.50 bits per heavy atom. The number of benzene rings is 1. The molecule has 0 saturated carbocycles. The molecule has 3 N–H and O–H groups in total.